The molecule has 4 aromatic rings. The maximum Gasteiger partial charge on any atom is 0.489 e. The van der Waals surface area contributed by atoms with Crippen LogP contribution in [0.4, 0.5) is 0 Å². The standard InChI is InChI=1S/C40H50B2O8/c1-5-9-47-35-19-27-13-28(20-35)16-32-24-38(50-12-8-4)26-34(40(32)42(45)46)18-30-14-29(21-36(22-30)48-10-6-2)17-33-25-37(49-11-7-3)23-31(15-27)39(33)41(43)44/h13-14,19-26,43-46H,5-12,15-18H2,1-4H3. The molecule has 50 heavy (non-hydrogen) atoms. The summed E-state index contributed by atoms with van der Waals surface area (Å²) in [6, 6.07) is 19.7. The lowest BCUT2D eigenvalue weighted by Gasteiger charge is -2.21. The van der Waals surface area contributed by atoms with Crippen molar-refractivity contribution in [3.05, 3.63) is 105 Å². The van der Waals surface area contributed by atoms with Gasteiger partial charge in [0.1, 0.15) is 23.0 Å². The van der Waals surface area contributed by atoms with Crippen LogP contribution in [0.25, 0.3) is 0 Å². The number of ether oxygens (including phenoxy) is 4. The number of hydrogen-bond acceptors (Lipinski definition) is 8. The molecule has 0 radical (unpaired) electrons. The molecular formula is C40H50B2O8. The first-order chi connectivity index (χ1) is 24.2. The molecule has 0 aliphatic heterocycles. The maximum absolute atomic E-state index is 10.9. The van der Waals surface area contributed by atoms with Crippen molar-refractivity contribution in [2.75, 3.05) is 26.4 Å². The second-order valence-corrected chi connectivity index (χ2v) is 13.1. The molecule has 0 fully saturated rings. The minimum Gasteiger partial charge on any atom is -0.494 e. The normalized spacial score (nSPS) is 12.3. The van der Waals surface area contributed by atoms with E-state index in [0.29, 0.717) is 86.0 Å². The van der Waals surface area contributed by atoms with E-state index in [1.54, 1.807) is 0 Å². The summed E-state index contributed by atoms with van der Waals surface area (Å²) in [5.74, 6) is 2.75. The van der Waals surface area contributed by atoms with Gasteiger partial charge in [0.2, 0.25) is 0 Å². The predicted octanol–water partition coefficient (Wildman–Crippen LogP) is 4.88. The van der Waals surface area contributed by atoms with Gasteiger partial charge < -0.3 is 39.0 Å². The van der Waals surface area contributed by atoms with Gasteiger partial charge in [-0.1, -0.05) is 39.8 Å². The summed E-state index contributed by atoms with van der Waals surface area (Å²) >= 11 is 0. The van der Waals surface area contributed by atoms with Gasteiger partial charge in [-0.2, -0.15) is 0 Å². The minimum atomic E-state index is -1.70. The Kier molecular flexibility index (Phi) is 13.3. The molecule has 1 aliphatic carbocycles. The summed E-state index contributed by atoms with van der Waals surface area (Å²) in [6.45, 7) is 10.4. The van der Waals surface area contributed by atoms with Gasteiger partial charge in [-0.05, 0) is 155 Å². The number of hydrogen-bond donors (Lipinski definition) is 4. The Morgan fingerprint density at radius 1 is 0.400 bits per heavy atom. The van der Waals surface area contributed by atoms with Gasteiger partial charge in [-0.3, -0.25) is 0 Å². The molecule has 10 heteroatoms. The quantitative estimate of drug-likeness (QED) is 0.123. The average molecular weight is 680 g/mol. The van der Waals surface area contributed by atoms with Gasteiger partial charge in [0.25, 0.3) is 0 Å². The van der Waals surface area contributed by atoms with Gasteiger partial charge in [0, 0.05) is 0 Å². The zero-order chi connectivity index (χ0) is 35.6. The smallest absolute Gasteiger partial charge is 0.489 e. The molecule has 8 nitrogen and oxygen atoms in total. The largest absolute Gasteiger partial charge is 0.494 e. The summed E-state index contributed by atoms with van der Waals surface area (Å²) in [7, 11) is -3.40. The maximum atomic E-state index is 10.9. The van der Waals surface area contributed by atoms with Crippen LogP contribution in [0.1, 0.15) is 97.9 Å². The molecule has 4 N–H and O–H groups in total. The fourth-order valence-electron chi connectivity index (χ4n) is 6.70. The van der Waals surface area contributed by atoms with Gasteiger partial charge in [-0.25, -0.2) is 0 Å². The molecule has 1 aliphatic rings. The highest BCUT2D eigenvalue weighted by Crippen LogP contribution is 2.29. The van der Waals surface area contributed by atoms with E-state index in [9.17, 15) is 20.1 Å². The van der Waals surface area contributed by atoms with E-state index in [-0.39, 0.29) is 0 Å². The van der Waals surface area contributed by atoms with Gasteiger partial charge in [-0.15, -0.1) is 0 Å². The molecular weight excluding hydrogens is 630 g/mol. The zero-order valence-corrected chi connectivity index (χ0v) is 29.8. The third kappa shape index (κ3) is 9.63. The Morgan fingerprint density at radius 2 is 0.640 bits per heavy atom. The molecule has 0 saturated carbocycles. The van der Waals surface area contributed by atoms with Crippen LogP contribution in [0.3, 0.4) is 0 Å². The zero-order valence-electron chi connectivity index (χ0n) is 29.8. The molecule has 0 amide bonds. The Labute approximate surface area is 297 Å². The van der Waals surface area contributed by atoms with Gasteiger partial charge >= 0.3 is 14.2 Å². The number of fused-ring (bicyclic) bond motifs is 8. The summed E-state index contributed by atoms with van der Waals surface area (Å²) in [6.07, 6.45) is 4.93. The lowest BCUT2D eigenvalue weighted by molar-refractivity contribution is 0.316. The van der Waals surface area contributed by atoms with E-state index >= 15 is 0 Å². The first-order valence-electron chi connectivity index (χ1n) is 18.0. The topological polar surface area (TPSA) is 118 Å². The highest BCUT2D eigenvalue weighted by atomic mass is 16.5. The second-order valence-electron chi connectivity index (χ2n) is 13.1. The first kappa shape index (κ1) is 37.3. The van der Waals surface area contributed by atoms with E-state index < -0.39 is 14.2 Å². The molecule has 264 valence electrons. The van der Waals surface area contributed by atoms with E-state index in [1.165, 1.54) is 0 Å². The van der Waals surface area contributed by atoms with Gasteiger partial charge in [0.05, 0.1) is 26.4 Å². The molecule has 0 spiro atoms. The highest BCUT2D eigenvalue weighted by molar-refractivity contribution is 6.60. The second kappa shape index (κ2) is 17.8. The summed E-state index contributed by atoms with van der Waals surface area (Å²) in [4.78, 5) is 0. The summed E-state index contributed by atoms with van der Waals surface area (Å²) in [5, 5.41) is 43.4. The van der Waals surface area contributed by atoms with E-state index in [2.05, 4.69) is 39.8 Å². The Morgan fingerprint density at radius 3 is 0.860 bits per heavy atom. The van der Waals surface area contributed by atoms with Crippen molar-refractivity contribution in [2.45, 2.75) is 79.1 Å². The number of rotatable bonds is 14. The van der Waals surface area contributed by atoms with Crippen LogP contribution in [0.15, 0.2) is 60.7 Å². The molecule has 0 saturated heterocycles. The molecule has 0 unspecified atom stereocenters. The van der Waals surface area contributed by atoms with Crippen molar-refractivity contribution in [1.82, 2.24) is 0 Å². The fraction of sp³-hybridized carbons (Fsp3) is 0.400. The lowest BCUT2D eigenvalue weighted by atomic mass is 9.70. The molecule has 0 heterocycles. The van der Waals surface area contributed by atoms with Crippen LogP contribution < -0.4 is 29.9 Å². The van der Waals surface area contributed by atoms with Crippen molar-refractivity contribution < 1.29 is 39.0 Å². The van der Waals surface area contributed by atoms with Crippen LogP contribution in [-0.2, 0) is 25.7 Å². The van der Waals surface area contributed by atoms with Gasteiger partial charge in [0.15, 0.2) is 0 Å². The molecule has 0 atom stereocenters. The first-order valence-corrected chi connectivity index (χ1v) is 18.0. The van der Waals surface area contributed by atoms with Crippen LogP contribution in [-0.4, -0.2) is 60.8 Å². The third-order valence-electron chi connectivity index (χ3n) is 8.69. The van der Waals surface area contributed by atoms with E-state index in [4.69, 9.17) is 18.9 Å². The molecule has 0 aromatic heterocycles. The highest BCUT2D eigenvalue weighted by Gasteiger charge is 2.26. The average Bonchev–Trinajstić information content (AvgIpc) is 3.07. The molecule has 8 bridgehead atoms. The lowest BCUT2D eigenvalue weighted by Crippen LogP contribution is -2.37. The van der Waals surface area contributed by atoms with Crippen molar-refractivity contribution >= 4 is 25.2 Å². The van der Waals surface area contributed by atoms with Crippen LogP contribution >= 0.6 is 0 Å². The Bertz CT molecular complexity index is 1520. The SMILES string of the molecule is CCCOc1cc2cc(c1)Cc1cc(OCCC)cc(c1B(O)O)Cc1cc(cc(OCCC)c1)Cc1cc(OCCC)cc(c1B(O)O)C2. The van der Waals surface area contributed by atoms with E-state index in [1.807, 2.05) is 48.5 Å². The van der Waals surface area contributed by atoms with Crippen molar-refractivity contribution in [2.24, 2.45) is 0 Å². The molecule has 5 rings (SSSR count). The summed E-state index contributed by atoms with van der Waals surface area (Å²) in [5.41, 5.74) is 7.58. The Balaban J connectivity index is 1.78. The minimum absolute atomic E-state index is 0.394. The predicted molar refractivity (Wildman–Crippen MR) is 200 cm³/mol. The van der Waals surface area contributed by atoms with Crippen LogP contribution in [0, 0.1) is 0 Å². The van der Waals surface area contributed by atoms with Crippen molar-refractivity contribution in [1.29, 1.82) is 0 Å². The third-order valence-corrected chi connectivity index (χ3v) is 8.69. The monoisotopic (exact) mass is 680 g/mol. The van der Waals surface area contributed by atoms with Crippen LogP contribution in [0.2, 0.25) is 0 Å². The summed E-state index contributed by atoms with van der Waals surface area (Å²) < 4.78 is 24.6. The van der Waals surface area contributed by atoms with Crippen molar-refractivity contribution in [3.63, 3.8) is 0 Å². The fourth-order valence-corrected chi connectivity index (χ4v) is 6.70. The number of benzene rings is 4. The van der Waals surface area contributed by atoms with E-state index in [0.717, 1.165) is 70.2 Å². The van der Waals surface area contributed by atoms with Crippen LogP contribution in [0.5, 0.6) is 23.0 Å². The Hall–Kier alpha value is -3.95. The molecule has 4 aromatic carbocycles. The van der Waals surface area contributed by atoms with Crippen molar-refractivity contribution in [3.8, 4) is 23.0 Å².